The number of anilines is 1. The molecular formula is C22H31ClN2O3. The van der Waals surface area contributed by atoms with Crippen molar-refractivity contribution in [3.8, 4) is 11.5 Å². The third kappa shape index (κ3) is 5.77. The van der Waals surface area contributed by atoms with Crippen LogP contribution in [0, 0.1) is 13.8 Å². The van der Waals surface area contributed by atoms with Crippen LogP contribution in [0.25, 0.3) is 0 Å². The van der Waals surface area contributed by atoms with E-state index in [-0.39, 0.29) is 12.4 Å². The van der Waals surface area contributed by atoms with Gasteiger partial charge in [0.15, 0.2) is 0 Å². The lowest BCUT2D eigenvalue weighted by molar-refractivity contribution is 0.0662. The zero-order chi connectivity index (χ0) is 19.2. The summed E-state index contributed by atoms with van der Waals surface area (Å²) in [5, 5.41) is 10.4. The molecule has 0 aromatic heterocycles. The van der Waals surface area contributed by atoms with E-state index in [4.69, 9.17) is 9.47 Å². The highest BCUT2D eigenvalue weighted by molar-refractivity contribution is 5.85. The number of halogens is 1. The molecule has 1 aliphatic rings. The topological polar surface area (TPSA) is 45.2 Å². The third-order valence-corrected chi connectivity index (χ3v) is 5.19. The number of nitrogens with zero attached hydrogens (tertiary/aromatic N) is 2. The van der Waals surface area contributed by atoms with Gasteiger partial charge in [0.25, 0.3) is 0 Å². The largest absolute Gasteiger partial charge is 0.495 e. The summed E-state index contributed by atoms with van der Waals surface area (Å²) in [6, 6.07) is 14.2. The number of para-hydroxylation sites is 2. The Bertz CT molecular complexity index is 748. The number of rotatable bonds is 7. The van der Waals surface area contributed by atoms with Crippen LogP contribution in [-0.4, -0.2) is 62.6 Å². The van der Waals surface area contributed by atoms with E-state index in [1.165, 1.54) is 11.1 Å². The molecule has 0 amide bonds. The van der Waals surface area contributed by atoms with E-state index < -0.39 is 6.10 Å². The average Bonchev–Trinajstić information content (AvgIpc) is 2.69. The molecule has 6 heteroatoms. The predicted molar refractivity (Wildman–Crippen MR) is 116 cm³/mol. The van der Waals surface area contributed by atoms with Gasteiger partial charge in [-0.05, 0) is 49.2 Å². The van der Waals surface area contributed by atoms with Crippen molar-refractivity contribution in [3.05, 3.63) is 53.6 Å². The lowest BCUT2D eigenvalue weighted by Crippen LogP contribution is -2.49. The summed E-state index contributed by atoms with van der Waals surface area (Å²) in [7, 11) is 1.71. The third-order valence-electron chi connectivity index (χ3n) is 5.19. The Morgan fingerprint density at radius 2 is 1.71 bits per heavy atom. The number of piperazine rings is 1. The normalized spacial score (nSPS) is 15.6. The molecule has 0 saturated carbocycles. The van der Waals surface area contributed by atoms with E-state index in [1.54, 1.807) is 7.11 Å². The maximum Gasteiger partial charge on any atom is 0.142 e. The second-order valence-corrected chi connectivity index (χ2v) is 7.17. The molecule has 1 aliphatic heterocycles. The Kier molecular flexibility index (Phi) is 8.42. The van der Waals surface area contributed by atoms with Crippen molar-refractivity contribution in [1.82, 2.24) is 4.90 Å². The molecule has 3 rings (SSSR count). The summed E-state index contributed by atoms with van der Waals surface area (Å²) in [5.41, 5.74) is 3.59. The van der Waals surface area contributed by atoms with E-state index >= 15 is 0 Å². The zero-order valence-electron chi connectivity index (χ0n) is 16.9. The van der Waals surface area contributed by atoms with Crippen LogP contribution in [-0.2, 0) is 0 Å². The summed E-state index contributed by atoms with van der Waals surface area (Å²) in [6.45, 7) is 8.77. The number of hydrogen-bond acceptors (Lipinski definition) is 5. The first-order chi connectivity index (χ1) is 13.1. The quantitative estimate of drug-likeness (QED) is 0.764. The summed E-state index contributed by atoms with van der Waals surface area (Å²) in [5.74, 6) is 1.73. The summed E-state index contributed by atoms with van der Waals surface area (Å²) in [6.07, 6.45) is -0.496. The van der Waals surface area contributed by atoms with Gasteiger partial charge in [-0.1, -0.05) is 18.2 Å². The van der Waals surface area contributed by atoms with Crippen LogP contribution in [0.4, 0.5) is 5.69 Å². The molecule has 1 N–H and O–H groups in total. The molecule has 2 aromatic rings. The van der Waals surface area contributed by atoms with Crippen LogP contribution in [0.1, 0.15) is 11.1 Å². The molecule has 154 valence electrons. The summed E-state index contributed by atoms with van der Waals surface area (Å²) < 4.78 is 11.2. The Labute approximate surface area is 174 Å². The zero-order valence-corrected chi connectivity index (χ0v) is 17.7. The minimum atomic E-state index is -0.496. The Hall–Kier alpha value is -1.95. The highest BCUT2D eigenvalue weighted by Gasteiger charge is 2.21. The van der Waals surface area contributed by atoms with Gasteiger partial charge in [0.05, 0.1) is 12.8 Å². The van der Waals surface area contributed by atoms with Crippen LogP contribution in [0.15, 0.2) is 42.5 Å². The molecule has 28 heavy (non-hydrogen) atoms. The second kappa shape index (κ2) is 10.6. The minimum Gasteiger partial charge on any atom is -0.495 e. The number of methoxy groups -OCH3 is 1. The van der Waals surface area contributed by atoms with Gasteiger partial charge >= 0.3 is 0 Å². The molecule has 2 aromatic carbocycles. The minimum absolute atomic E-state index is 0. The molecule has 1 heterocycles. The molecule has 0 aliphatic carbocycles. The Morgan fingerprint density at radius 1 is 1.00 bits per heavy atom. The fourth-order valence-corrected chi connectivity index (χ4v) is 3.41. The van der Waals surface area contributed by atoms with Gasteiger partial charge < -0.3 is 19.5 Å². The number of aryl methyl sites for hydroxylation is 2. The van der Waals surface area contributed by atoms with Crippen LogP contribution >= 0.6 is 12.4 Å². The van der Waals surface area contributed by atoms with Crippen LogP contribution in [0.5, 0.6) is 11.5 Å². The van der Waals surface area contributed by atoms with Crippen LogP contribution in [0.2, 0.25) is 0 Å². The molecule has 1 unspecified atom stereocenters. The van der Waals surface area contributed by atoms with Gasteiger partial charge in [-0.15, -0.1) is 12.4 Å². The second-order valence-electron chi connectivity index (χ2n) is 7.17. The van der Waals surface area contributed by atoms with Crippen molar-refractivity contribution in [2.45, 2.75) is 20.0 Å². The lowest BCUT2D eigenvalue weighted by Gasteiger charge is -2.37. The summed E-state index contributed by atoms with van der Waals surface area (Å²) >= 11 is 0. The lowest BCUT2D eigenvalue weighted by atomic mass is 10.1. The molecule has 0 radical (unpaired) electrons. The fourth-order valence-electron chi connectivity index (χ4n) is 3.41. The smallest absolute Gasteiger partial charge is 0.142 e. The first kappa shape index (κ1) is 22.3. The van der Waals surface area contributed by atoms with E-state index in [0.717, 1.165) is 43.4 Å². The van der Waals surface area contributed by atoms with Crippen LogP contribution in [0.3, 0.4) is 0 Å². The van der Waals surface area contributed by atoms with Crippen molar-refractivity contribution < 1.29 is 14.6 Å². The number of ether oxygens (including phenoxy) is 2. The predicted octanol–water partition coefficient (Wildman–Crippen LogP) is 3.30. The Balaban J connectivity index is 0.00000280. The number of aliphatic hydroxyl groups excluding tert-OH is 1. The van der Waals surface area contributed by atoms with Crippen molar-refractivity contribution in [1.29, 1.82) is 0 Å². The molecule has 0 bridgehead atoms. The highest BCUT2D eigenvalue weighted by atomic mass is 35.5. The SMILES string of the molecule is COc1ccccc1N1CCN(CC(O)COc2ccc(C)c(C)c2)CC1.Cl. The van der Waals surface area contributed by atoms with E-state index in [0.29, 0.717) is 13.2 Å². The number of aliphatic hydroxyl groups is 1. The molecule has 1 fully saturated rings. The maximum atomic E-state index is 10.4. The number of hydrogen-bond donors (Lipinski definition) is 1. The van der Waals surface area contributed by atoms with E-state index in [9.17, 15) is 5.11 Å². The van der Waals surface area contributed by atoms with Gasteiger partial charge in [-0.2, -0.15) is 0 Å². The number of β-amino-alcohol motifs (C(OH)–C–C–N with tert-alkyl or cyclic N) is 1. The van der Waals surface area contributed by atoms with E-state index in [2.05, 4.69) is 29.7 Å². The Morgan fingerprint density at radius 3 is 2.39 bits per heavy atom. The molecule has 1 atom stereocenters. The van der Waals surface area contributed by atoms with Gasteiger partial charge in [0, 0.05) is 32.7 Å². The van der Waals surface area contributed by atoms with Crippen molar-refractivity contribution in [2.75, 3.05) is 51.3 Å². The summed E-state index contributed by atoms with van der Waals surface area (Å²) in [4.78, 5) is 4.63. The van der Waals surface area contributed by atoms with E-state index in [1.807, 2.05) is 36.4 Å². The standard InChI is InChI=1S/C22H30N2O3.ClH/c1-17-8-9-20(14-18(17)2)27-16-19(25)15-23-10-12-24(13-11-23)21-6-4-5-7-22(21)26-3;/h4-9,14,19,25H,10-13,15-16H2,1-3H3;1H. The van der Waals surface area contributed by atoms with Crippen molar-refractivity contribution in [2.24, 2.45) is 0 Å². The van der Waals surface area contributed by atoms with Gasteiger partial charge in [0.1, 0.15) is 24.2 Å². The van der Waals surface area contributed by atoms with Crippen molar-refractivity contribution in [3.63, 3.8) is 0 Å². The molecule has 1 saturated heterocycles. The molecular weight excluding hydrogens is 376 g/mol. The first-order valence-corrected chi connectivity index (χ1v) is 9.55. The van der Waals surface area contributed by atoms with Gasteiger partial charge in [0.2, 0.25) is 0 Å². The van der Waals surface area contributed by atoms with Crippen molar-refractivity contribution >= 4 is 18.1 Å². The average molecular weight is 407 g/mol. The maximum absolute atomic E-state index is 10.4. The molecule has 5 nitrogen and oxygen atoms in total. The molecule has 0 spiro atoms. The van der Waals surface area contributed by atoms with Gasteiger partial charge in [-0.25, -0.2) is 0 Å². The van der Waals surface area contributed by atoms with Crippen LogP contribution < -0.4 is 14.4 Å². The van der Waals surface area contributed by atoms with Gasteiger partial charge in [-0.3, -0.25) is 4.90 Å². The monoisotopic (exact) mass is 406 g/mol. The highest BCUT2D eigenvalue weighted by Crippen LogP contribution is 2.28. The fraction of sp³-hybridized carbons (Fsp3) is 0.455. The first-order valence-electron chi connectivity index (χ1n) is 9.55. The number of benzene rings is 2.